The van der Waals surface area contributed by atoms with Crippen molar-refractivity contribution in [2.75, 3.05) is 7.05 Å². The van der Waals surface area contributed by atoms with Crippen molar-refractivity contribution < 1.29 is 14.5 Å². The molecule has 2 amide bonds. The Kier molecular flexibility index (Phi) is 7.26. The number of nitrogens with zero attached hydrogens (tertiary/aromatic N) is 2. The van der Waals surface area contributed by atoms with E-state index in [1.54, 1.807) is 18.2 Å². The Balaban J connectivity index is 2.37. The second-order valence-corrected chi connectivity index (χ2v) is 6.55. The highest BCUT2D eigenvalue weighted by Crippen LogP contribution is 2.21. The Morgan fingerprint density at radius 1 is 1.11 bits per heavy atom. The molecule has 0 heterocycles. The summed E-state index contributed by atoms with van der Waals surface area (Å²) >= 11 is 0. The molecule has 148 valence electrons. The summed E-state index contributed by atoms with van der Waals surface area (Å²) < 4.78 is 0. The normalized spacial score (nSPS) is 11.5. The van der Waals surface area contributed by atoms with Gasteiger partial charge in [0.05, 0.1) is 11.3 Å². The maximum Gasteiger partial charge on any atom is 0.273 e. The van der Waals surface area contributed by atoms with Crippen LogP contribution in [-0.4, -0.2) is 34.7 Å². The second-order valence-electron chi connectivity index (χ2n) is 6.55. The highest BCUT2D eigenvalue weighted by molar-refractivity contribution is 5.88. The lowest BCUT2D eigenvalue weighted by Gasteiger charge is -2.30. The van der Waals surface area contributed by atoms with E-state index >= 15 is 0 Å². The first kappa shape index (κ1) is 21.1. The minimum absolute atomic E-state index is 0.0975. The third-order valence-electron chi connectivity index (χ3n) is 4.76. The Labute approximate surface area is 164 Å². The average Bonchev–Trinajstić information content (AvgIpc) is 2.69. The molecule has 0 fully saturated rings. The van der Waals surface area contributed by atoms with Crippen molar-refractivity contribution in [2.45, 2.75) is 39.3 Å². The minimum atomic E-state index is -0.653. The fraction of sp³-hybridized carbons (Fsp3) is 0.333. The SMILES string of the molecule is CCC(C(=O)NC)N(Cc1ccccc1C)C(=O)Cc1ccccc1[N+](=O)[O-]. The lowest BCUT2D eigenvalue weighted by Crippen LogP contribution is -2.48. The molecule has 0 saturated heterocycles. The van der Waals surface area contributed by atoms with Crippen LogP contribution in [0.5, 0.6) is 0 Å². The number of hydrogen-bond donors (Lipinski definition) is 1. The first-order valence-corrected chi connectivity index (χ1v) is 9.16. The molecule has 0 aliphatic heterocycles. The van der Waals surface area contributed by atoms with Gasteiger partial charge in [-0.05, 0) is 24.5 Å². The molecule has 1 atom stereocenters. The number of hydrogen-bond acceptors (Lipinski definition) is 4. The molecule has 2 rings (SSSR count). The summed E-state index contributed by atoms with van der Waals surface area (Å²) in [5.41, 5.74) is 2.18. The Morgan fingerprint density at radius 3 is 2.29 bits per heavy atom. The van der Waals surface area contributed by atoms with E-state index in [-0.39, 0.29) is 30.5 Å². The molecule has 0 radical (unpaired) electrons. The molecule has 2 aromatic carbocycles. The van der Waals surface area contributed by atoms with Crippen LogP contribution in [0.1, 0.15) is 30.0 Å². The van der Waals surface area contributed by atoms with Gasteiger partial charge in [-0.3, -0.25) is 19.7 Å². The van der Waals surface area contributed by atoms with Crippen LogP contribution in [0.4, 0.5) is 5.69 Å². The van der Waals surface area contributed by atoms with Crippen molar-refractivity contribution in [3.63, 3.8) is 0 Å². The van der Waals surface area contributed by atoms with Crippen LogP contribution in [-0.2, 0) is 22.6 Å². The lowest BCUT2D eigenvalue weighted by molar-refractivity contribution is -0.385. The van der Waals surface area contributed by atoms with Gasteiger partial charge in [0.2, 0.25) is 11.8 Å². The smallest absolute Gasteiger partial charge is 0.273 e. The highest BCUT2D eigenvalue weighted by Gasteiger charge is 2.29. The summed E-state index contributed by atoms with van der Waals surface area (Å²) in [6.45, 7) is 4.04. The van der Waals surface area contributed by atoms with Crippen LogP contribution in [0.3, 0.4) is 0 Å². The molecule has 2 aromatic rings. The summed E-state index contributed by atoms with van der Waals surface area (Å²) in [4.78, 5) is 37.8. The minimum Gasteiger partial charge on any atom is -0.357 e. The van der Waals surface area contributed by atoms with Crippen molar-refractivity contribution >= 4 is 17.5 Å². The molecule has 1 unspecified atom stereocenters. The topological polar surface area (TPSA) is 92.6 Å². The first-order valence-electron chi connectivity index (χ1n) is 9.16. The van der Waals surface area contributed by atoms with Crippen molar-refractivity contribution in [3.05, 3.63) is 75.3 Å². The van der Waals surface area contributed by atoms with Gasteiger partial charge >= 0.3 is 0 Å². The standard InChI is InChI=1S/C21H25N3O4/c1-4-18(21(26)22-3)23(14-17-11-6-5-9-15(17)2)20(25)13-16-10-7-8-12-19(16)24(27)28/h5-12,18H,4,13-14H2,1-3H3,(H,22,26). The predicted octanol–water partition coefficient (Wildman–Crippen LogP) is 3.00. The van der Waals surface area contributed by atoms with E-state index in [4.69, 9.17) is 0 Å². The maximum atomic E-state index is 13.1. The van der Waals surface area contributed by atoms with Crippen molar-refractivity contribution in [2.24, 2.45) is 0 Å². The quantitative estimate of drug-likeness (QED) is 0.560. The molecule has 0 saturated carbocycles. The zero-order valence-electron chi connectivity index (χ0n) is 16.3. The third kappa shape index (κ3) is 4.94. The zero-order chi connectivity index (χ0) is 20.7. The molecule has 0 bridgehead atoms. The van der Waals surface area contributed by atoms with Crippen LogP contribution >= 0.6 is 0 Å². The van der Waals surface area contributed by atoms with Crippen molar-refractivity contribution in [1.29, 1.82) is 0 Å². The summed E-state index contributed by atoms with van der Waals surface area (Å²) in [5, 5.41) is 13.9. The number of nitrogens with one attached hydrogen (secondary N) is 1. The van der Waals surface area contributed by atoms with Crippen LogP contribution in [0, 0.1) is 17.0 Å². The maximum absolute atomic E-state index is 13.1. The molecule has 7 heteroatoms. The number of nitro groups is 1. The molecule has 0 spiro atoms. The largest absolute Gasteiger partial charge is 0.357 e. The van der Waals surface area contributed by atoms with Gasteiger partial charge in [-0.1, -0.05) is 49.4 Å². The second kappa shape index (κ2) is 9.64. The van der Waals surface area contributed by atoms with E-state index in [1.807, 2.05) is 38.1 Å². The summed E-state index contributed by atoms with van der Waals surface area (Å²) in [7, 11) is 1.53. The Morgan fingerprint density at radius 2 is 1.71 bits per heavy atom. The van der Waals surface area contributed by atoms with Gasteiger partial charge in [0.1, 0.15) is 6.04 Å². The number of rotatable bonds is 8. The molecular weight excluding hydrogens is 358 g/mol. The average molecular weight is 383 g/mol. The van der Waals surface area contributed by atoms with Gasteiger partial charge in [0.15, 0.2) is 0 Å². The van der Waals surface area contributed by atoms with Gasteiger partial charge in [-0.15, -0.1) is 0 Å². The number of amides is 2. The number of nitro benzene ring substituents is 1. The van der Waals surface area contributed by atoms with Gasteiger partial charge in [0, 0.05) is 25.2 Å². The van der Waals surface area contributed by atoms with Crippen LogP contribution < -0.4 is 5.32 Å². The summed E-state index contributed by atoms with van der Waals surface area (Å²) in [5.74, 6) is -0.583. The molecule has 28 heavy (non-hydrogen) atoms. The number of carbonyl (C=O) groups excluding carboxylic acids is 2. The van der Waals surface area contributed by atoms with Gasteiger partial charge in [0.25, 0.3) is 5.69 Å². The Hall–Kier alpha value is -3.22. The lowest BCUT2D eigenvalue weighted by atomic mass is 10.0. The molecule has 0 aromatic heterocycles. The Bertz CT molecular complexity index is 866. The van der Waals surface area contributed by atoms with E-state index in [1.165, 1.54) is 18.0 Å². The van der Waals surface area contributed by atoms with Gasteiger partial charge < -0.3 is 10.2 Å². The number of carbonyl (C=O) groups is 2. The molecule has 0 aliphatic rings. The monoisotopic (exact) mass is 383 g/mol. The number of benzene rings is 2. The third-order valence-corrected chi connectivity index (χ3v) is 4.76. The van der Waals surface area contributed by atoms with E-state index in [9.17, 15) is 19.7 Å². The van der Waals surface area contributed by atoms with E-state index in [2.05, 4.69) is 5.32 Å². The molecule has 1 N–H and O–H groups in total. The molecular formula is C21H25N3O4. The van der Waals surface area contributed by atoms with Crippen LogP contribution in [0.2, 0.25) is 0 Å². The van der Waals surface area contributed by atoms with E-state index < -0.39 is 11.0 Å². The molecule has 7 nitrogen and oxygen atoms in total. The first-order chi connectivity index (χ1) is 13.4. The zero-order valence-corrected chi connectivity index (χ0v) is 16.3. The highest BCUT2D eigenvalue weighted by atomic mass is 16.6. The summed E-state index contributed by atoms with van der Waals surface area (Å²) in [6.07, 6.45) is 0.296. The van der Waals surface area contributed by atoms with Crippen LogP contribution in [0.25, 0.3) is 0 Å². The molecule has 0 aliphatic carbocycles. The van der Waals surface area contributed by atoms with Crippen LogP contribution in [0.15, 0.2) is 48.5 Å². The van der Waals surface area contributed by atoms with E-state index in [0.717, 1.165) is 11.1 Å². The van der Waals surface area contributed by atoms with E-state index in [0.29, 0.717) is 12.0 Å². The fourth-order valence-electron chi connectivity index (χ4n) is 3.16. The predicted molar refractivity (Wildman–Crippen MR) is 107 cm³/mol. The van der Waals surface area contributed by atoms with Crippen molar-refractivity contribution in [3.8, 4) is 0 Å². The number of likely N-dealkylation sites (N-methyl/N-ethyl adjacent to an activating group) is 1. The van der Waals surface area contributed by atoms with Gasteiger partial charge in [-0.2, -0.15) is 0 Å². The summed E-state index contributed by atoms with van der Waals surface area (Å²) in [6, 6.07) is 13.2. The number of para-hydroxylation sites is 1. The van der Waals surface area contributed by atoms with Gasteiger partial charge in [-0.25, -0.2) is 0 Å². The van der Waals surface area contributed by atoms with Crippen molar-refractivity contribution in [1.82, 2.24) is 10.2 Å². The number of aryl methyl sites for hydroxylation is 1. The fourth-order valence-corrected chi connectivity index (χ4v) is 3.16.